The Bertz CT molecular complexity index is 1050. The zero-order valence-corrected chi connectivity index (χ0v) is 19.4. The summed E-state index contributed by atoms with van der Waals surface area (Å²) in [6, 6.07) is 5.00. The molecule has 0 aliphatic carbocycles. The van der Waals surface area contributed by atoms with Gasteiger partial charge in [0.1, 0.15) is 10.7 Å². The number of anilines is 2. The molecule has 2 aliphatic rings. The molecule has 30 heavy (non-hydrogen) atoms. The van der Waals surface area contributed by atoms with Gasteiger partial charge in [-0.1, -0.05) is 23.2 Å². The number of sulfonamides is 1. The van der Waals surface area contributed by atoms with E-state index < -0.39 is 10.0 Å². The van der Waals surface area contributed by atoms with E-state index in [0.717, 1.165) is 43.4 Å². The Morgan fingerprint density at radius 3 is 2.17 bits per heavy atom. The summed E-state index contributed by atoms with van der Waals surface area (Å²) in [5.74, 6) is 1.61. The van der Waals surface area contributed by atoms with Gasteiger partial charge in [0.25, 0.3) is 0 Å². The van der Waals surface area contributed by atoms with Crippen LogP contribution in [0.1, 0.15) is 24.1 Å². The lowest BCUT2D eigenvalue weighted by atomic mass is 10.2. The van der Waals surface area contributed by atoms with Gasteiger partial charge in [-0.3, -0.25) is 0 Å². The largest absolute Gasteiger partial charge is 0.354 e. The summed E-state index contributed by atoms with van der Waals surface area (Å²) >= 11 is 12.3. The quantitative estimate of drug-likeness (QED) is 0.681. The molecule has 2 aromatic rings. The van der Waals surface area contributed by atoms with Crippen molar-refractivity contribution in [1.29, 1.82) is 0 Å². The maximum absolute atomic E-state index is 13.1. The first-order valence-corrected chi connectivity index (χ1v) is 12.3. The fraction of sp³-hybridized carbons (Fsp3) is 0.500. The van der Waals surface area contributed by atoms with E-state index in [-0.39, 0.29) is 9.92 Å². The third-order valence-corrected chi connectivity index (χ3v) is 8.38. The first kappa shape index (κ1) is 21.6. The third-order valence-electron chi connectivity index (χ3n) is 5.61. The van der Waals surface area contributed by atoms with Crippen LogP contribution in [-0.4, -0.2) is 62.0 Å². The van der Waals surface area contributed by atoms with E-state index >= 15 is 0 Å². The van der Waals surface area contributed by atoms with Gasteiger partial charge in [-0.2, -0.15) is 9.29 Å². The average Bonchev–Trinajstić information content (AvgIpc) is 3.25. The molecule has 10 heteroatoms. The SMILES string of the molecule is Cc1cc(N2CCN(S(=O)(=O)c3cc(C)c(Cl)cc3Cl)CC2)nc(N2CCCC2)n1. The number of aryl methyl sites for hydroxylation is 2. The van der Waals surface area contributed by atoms with Crippen LogP contribution in [0.15, 0.2) is 23.1 Å². The van der Waals surface area contributed by atoms with Gasteiger partial charge in [-0.25, -0.2) is 13.4 Å². The number of nitrogens with zero attached hydrogens (tertiary/aromatic N) is 5. The molecule has 162 valence electrons. The zero-order chi connectivity index (χ0) is 21.5. The summed E-state index contributed by atoms with van der Waals surface area (Å²) in [4.78, 5) is 13.8. The second-order valence-corrected chi connectivity index (χ2v) is 10.5. The van der Waals surface area contributed by atoms with Gasteiger partial charge >= 0.3 is 0 Å². The summed E-state index contributed by atoms with van der Waals surface area (Å²) in [5, 5.41) is 0.603. The summed E-state index contributed by atoms with van der Waals surface area (Å²) in [7, 11) is -3.69. The predicted octanol–water partition coefficient (Wildman–Crippen LogP) is 3.51. The van der Waals surface area contributed by atoms with Crippen LogP contribution < -0.4 is 9.80 Å². The fourth-order valence-corrected chi connectivity index (χ4v) is 6.11. The second-order valence-electron chi connectivity index (χ2n) is 7.78. The Hall–Kier alpha value is -1.61. The fourth-order valence-electron chi connectivity index (χ4n) is 3.88. The second kappa shape index (κ2) is 8.49. The molecule has 0 spiro atoms. The molecule has 0 atom stereocenters. The number of benzene rings is 1. The van der Waals surface area contributed by atoms with E-state index in [1.54, 1.807) is 13.0 Å². The first-order chi connectivity index (χ1) is 14.3. The zero-order valence-electron chi connectivity index (χ0n) is 17.1. The van der Waals surface area contributed by atoms with Crippen LogP contribution in [0.4, 0.5) is 11.8 Å². The Balaban J connectivity index is 1.51. The van der Waals surface area contributed by atoms with Crippen LogP contribution in [0.3, 0.4) is 0 Å². The van der Waals surface area contributed by atoms with Gasteiger partial charge in [-0.15, -0.1) is 0 Å². The molecule has 0 N–H and O–H groups in total. The van der Waals surface area contributed by atoms with Crippen LogP contribution in [0.2, 0.25) is 10.0 Å². The van der Waals surface area contributed by atoms with Crippen molar-refractivity contribution in [3.05, 3.63) is 39.5 Å². The minimum atomic E-state index is -3.69. The monoisotopic (exact) mass is 469 g/mol. The normalized spacial score (nSPS) is 18.3. The molecule has 2 fully saturated rings. The van der Waals surface area contributed by atoms with Crippen molar-refractivity contribution in [3.63, 3.8) is 0 Å². The van der Waals surface area contributed by atoms with Gasteiger partial charge in [0.15, 0.2) is 0 Å². The molecule has 1 aromatic heterocycles. The van der Waals surface area contributed by atoms with Gasteiger partial charge in [0.2, 0.25) is 16.0 Å². The van der Waals surface area contributed by atoms with Crippen molar-refractivity contribution >= 4 is 45.0 Å². The summed E-state index contributed by atoms with van der Waals surface area (Å²) in [6.45, 7) is 7.54. The average molecular weight is 470 g/mol. The van der Waals surface area contributed by atoms with Crippen molar-refractivity contribution in [1.82, 2.24) is 14.3 Å². The van der Waals surface area contributed by atoms with E-state index in [0.29, 0.717) is 36.8 Å². The standard InChI is InChI=1S/C20H25Cl2N5O2S/c1-14-11-18(17(22)13-16(14)21)30(28,29)27-9-7-25(8-10-27)19-12-15(2)23-20(24-19)26-5-3-4-6-26/h11-13H,3-10H2,1-2H3. The maximum atomic E-state index is 13.1. The highest BCUT2D eigenvalue weighted by Crippen LogP contribution is 2.31. The lowest BCUT2D eigenvalue weighted by molar-refractivity contribution is 0.383. The highest BCUT2D eigenvalue weighted by atomic mass is 35.5. The molecule has 0 saturated carbocycles. The topological polar surface area (TPSA) is 69.6 Å². The summed E-state index contributed by atoms with van der Waals surface area (Å²) in [6.07, 6.45) is 2.33. The molecule has 2 aliphatic heterocycles. The minimum absolute atomic E-state index is 0.105. The van der Waals surface area contributed by atoms with Gasteiger partial charge in [0.05, 0.1) is 5.02 Å². The molecule has 0 amide bonds. The highest BCUT2D eigenvalue weighted by molar-refractivity contribution is 7.89. The lowest BCUT2D eigenvalue weighted by Gasteiger charge is -2.35. The van der Waals surface area contributed by atoms with E-state index in [9.17, 15) is 8.42 Å². The Kier molecular flexibility index (Phi) is 6.12. The van der Waals surface area contributed by atoms with Crippen LogP contribution >= 0.6 is 23.2 Å². The smallest absolute Gasteiger partial charge is 0.244 e. The predicted molar refractivity (Wildman–Crippen MR) is 120 cm³/mol. The van der Waals surface area contributed by atoms with Crippen LogP contribution in [0.25, 0.3) is 0 Å². The molecule has 2 saturated heterocycles. The van der Waals surface area contributed by atoms with Crippen molar-refractivity contribution in [2.24, 2.45) is 0 Å². The summed E-state index contributed by atoms with van der Waals surface area (Å²) < 4.78 is 27.8. The van der Waals surface area contributed by atoms with Gasteiger partial charge in [0, 0.05) is 56.1 Å². The number of piperazine rings is 1. The molecule has 1 aromatic carbocycles. The van der Waals surface area contributed by atoms with E-state index in [1.165, 1.54) is 10.4 Å². The number of rotatable bonds is 4. The molecule has 0 unspecified atom stereocenters. The molecule has 7 nitrogen and oxygen atoms in total. The van der Waals surface area contributed by atoms with Gasteiger partial charge in [-0.05, 0) is 44.4 Å². The molecule has 0 radical (unpaired) electrons. The van der Waals surface area contributed by atoms with Crippen molar-refractivity contribution in [2.45, 2.75) is 31.6 Å². The van der Waals surface area contributed by atoms with E-state index in [1.807, 2.05) is 13.0 Å². The van der Waals surface area contributed by atoms with Crippen LogP contribution in [0, 0.1) is 13.8 Å². The maximum Gasteiger partial charge on any atom is 0.244 e. The number of halogens is 2. The summed E-state index contributed by atoms with van der Waals surface area (Å²) in [5.41, 5.74) is 1.60. The Labute approximate surface area is 187 Å². The van der Waals surface area contributed by atoms with Crippen LogP contribution in [-0.2, 0) is 10.0 Å². The van der Waals surface area contributed by atoms with Gasteiger partial charge < -0.3 is 9.80 Å². The highest BCUT2D eigenvalue weighted by Gasteiger charge is 2.31. The minimum Gasteiger partial charge on any atom is -0.354 e. The van der Waals surface area contributed by atoms with E-state index in [2.05, 4.69) is 14.8 Å². The lowest BCUT2D eigenvalue weighted by Crippen LogP contribution is -2.49. The molecule has 4 rings (SSSR count). The van der Waals surface area contributed by atoms with Crippen molar-refractivity contribution in [2.75, 3.05) is 49.1 Å². The Morgan fingerprint density at radius 2 is 1.50 bits per heavy atom. The molecular weight excluding hydrogens is 445 g/mol. The van der Waals surface area contributed by atoms with Crippen molar-refractivity contribution < 1.29 is 8.42 Å². The van der Waals surface area contributed by atoms with Crippen LogP contribution in [0.5, 0.6) is 0 Å². The first-order valence-electron chi connectivity index (χ1n) is 10.1. The molecule has 0 bridgehead atoms. The van der Waals surface area contributed by atoms with Crippen molar-refractivity contribution in [3.8, 4) is 0 Å². The van der Waals surface area contributed by atoms with E-state index in [4.69, 9.17) is 28.2 Å². The number of hydrogen-bond acceptors (Lipinski definition) is 6. The Morgan fingerprint density at radius 1 is 0.833 bits per heavy atom. The molecule has 3 heterocycles. The third kappa shape index (κ3) is 4.23. The molecular formula is C20H25Cl2N5O2S. The number of hydrogen-bond donors (Lipinski definition) is 0. The number of aromatic nitrogens is 2.